The summed E-state index contributed by atoms with van der Waals surface area (Å²) in [5, 5.41) is 0.536. The minimum absolute atomic E-state index is 0.0761. The van der Waals surface area contributed by atoms with E-state index in [2.05, 4.69) is 24.5 Å². The number of piperazine rings is 1. The second kappa shape index (κ2) is 11.0. The van der Waals surface area contributed by atoms with Crippen LogP contribution in [0.15, 0.2) is 70.6 Å². The zero-order valence-corrected chi connectivity index (χ0v) is 22.3. The highest BCUT2D eigenvalue weighted by atomic mass is 32.2. The van der Waals surface area contributed by atoms with Crippen LogP contribution in [0.3, 0.4) is 0 Å². The average molecular weight is 539 g/mol. The van der Waals surface area contributed by atoms with E-state index in [-0.39, 0.29) is 10.5 Å². The summed E-state index contributed by atoms with van der Waals surface area (Å²) in [6.45, 7) is 7.33. The molecule has 0 spiro atoms. The van der Waals surface area contributed by atoms with Crippen LogP contribution in [-0.4, -0.2) is 60.0 Å². The number of sulfonamides is 1. The minimum Gasteiger partial charge on any atom is -0.338 e. The van der Waals surface area contributed by atoms with Gasteiger partial charge in [0.05, 0.1) is 15.0 Å². The molecule has 4 aromatic rings. The monoisotopic (exact) mass is 538 g/mol. The van der Waals surface area contributed by atoms with Gasteiger partial charge in [0.2, 0.25) is 5.95 Å². The van der Waals surface area contributed by atoms with Crippen LogP contribution in [0.5, 0.6) is 0 Å². The predicted octanol–water partition coefficient (Wildman–Crippen LogP) is 3.56. The van der Waals surface area contributed by atoms with Gasteiger partial charge in [-0.15, -0.1) is 0 Å². The molecule has 1 fully saturated rings. The van der Waals surface area contributed by atoms with Gasteiger partial charge < -0.3 is 4.90 Å². The van der Waals surface area contributed by atoms with Crippen LogP contribution in [0, 0.1) is 6.92 Å². The topological polar surface area (TPSA) is 100 Å². The van der Waals surface area contributed by atoms with Crippen LogP contribution >= 0.6 is 11.5 Å². The first-order valence-electron chi connectivity index (χ1n) is 12.4. The van der Waals surface area contributed by atoms with Gasteiger partial charge in [0.25, 0.3) is 15.6 Å². The quantitative estimate of drug-likeness (QED) is 0.325. The molecule has 1 aliphatic rings. The normalized spacial score (nSPS) is 14.8. The Kier molecular flexibility index (Phi) is 7.54. The Bertz CT molecular complexity index is 1510. The van der Waals surface area contributed by atoms with Gasteiger partial charge in [-0.1, -0.05) is 29.2 Å². The van der Waals surface area contributed by atoms with Gasteiger partial charge in [-0.2, -0.15) is 0 Å². The Morgan fingerprint density at radius 1 is 0.946 bits per heavy atom. The molecular formula is C26H30N6O3S2. The van der Waals surface area contributed by atoms with Crippen molar-refractivity contribution in [2.75, 3.05) is 42.3 Å². The standard InChI is InChI=1S/C26H30N6O3S2/c1-20-5-8-22(9-6-20)37(34,35)29-21-7-10-24-23(19-21)25(33)32(36-24)14-3-2-13-30-15-17-31(18-16-30)26-27-11-4-12-28-26/h4-12,19,29H,2-3,13-18H2,1H3. The first-order valence-corrected chi connectivity index (χ1v) is 14.6. The Morgan fingerprint density at radius 2 is 1.65 bits per heavy atom. The van der Waals surface area contributed by atoms with E-state index in [0.717, 1.165) is 61.8 Å². The van der Waals surface area contributed by atoms with Crippen molar-refractivity contribution in [1.82, 2.24) is 18.8 Å². The van der Waals surface area contributed by atoms with E-state index in [9.17, 15) is 13.2 Å². The molecule has 0 aliphatic carbocycles. The molecule has 37 heavy (non-hydrogen) atoms. The van der Waals surface area contributed by atoms with Crippen LogP contribution in [0.2, 0.25) is 0 Å². The van der Waals surface area contributed by atoms with Crippen LogP contribution in [-0.2, 0) is 16.6 Å². The lowest BCUT2D eigenvalue weighted by atomic mass is 10.2. The van der Waals surface area contributed by atoms with Gasteiger partial charge in [0.1, 0.15) is 0 Å². The largest absolute Gasteiger partial charge is 0.338 e. The number of unbranched alkanes of at least 4 members (excludes halogenated alkanes) is 1. The fourth-order valence-corrected chi connectivity index (χ4v) is 6.49. The fourth-order valence-electron chi connectivity index (χ4n) is 4.43. The maximum Gasteiger partial charge on any atom is 0.268 e. The van der Waals surface area contributed by atoms with Crippen molar-refractivity contribution in [2.45, 2.75) is 31.2 Å². The van der Waals surface area contributed by atoms with E-state index in [4.69, 9.17) is 0 Å². The maximum absolute atomic E-state index is 13.0. The lowest BCUT2D eigenvalue weighted by molar-refractivity contribution is 0.250. The molecular weight excluding hydrogens is 508 g/mol. The third kappa shape index (κ3) is 6.00. The molecule has 3 heterocycles. The molecule has 1 N–H and O–H groups in total. The Hall–Kier alpha value is -3.28. The average Bonchev–Trinajstić information content (AvgIpc) is 3.22. The summed E-state index contributed by atoms with van der Waals surface area (Å²) in [6.07, 6.45) is 5.45. The molecule has 194 valence electrons. The van der Waals surface area contributed by atoms with Crippen LogP contribution < -0.4 is 15.2 Å². The first-order chi connectivity index (χ1) is 17.9. The second-order valence-electron chi connectivity index (χ2n) is 9.21. The summed E-state index contributed by atoms with van der Waals surface area (Å²) in [5.74, 6) is 0.789. The van der Waals surface area contributed by atoms with Gasteiger partial charge in [0.15, 0.2) is 0 Å². The third-order valence-corrected chi connectivity index (χ3v) is 9.04. The molecule has 0 amide bonds. The summed E-state index contributed by atoms with van der Waals surface area (Å²) >= 11 is 1.43. The number of benzene rings is 2. The number of nitrogens with zero attached hydrogens (tertiary/aromatic N) is 5. The Labute approximate surface area is 220 Å². The maximum atomic E-state index is 13.0. The van der Waals surface area contributed by atoms with Gasteiger partial charge in [0, 0.05) is 50.8 Å². The molecule has 11 heteroatoms. The fraction of sp³-hybridized carbons (Fsp3) is 0.346. The first kappa shape index (κ1) is 25.4. The van der Waals surface area contributed by atoms with E-state index in [1.807, 2.05) is 13.0 Å². The summed E-state index contributed by atoms with van der Waals surface area (Å²) in [5.41, 5.74) is 1.29. The Balaban J connectivity index is 1.14. The van der Waals surface area contributed by atoms with Crippen molar-refractivity contribution in [2.24, 2.45) is 0 Å². The van der Waals surface area contributed by atoms with E-state index < -0.39 is 10.0 Å². The highest BCUT2D eigenvalue weighted by Crippen LogP contribution is 2.24. The highest BCUT2D eigenvalue weighted by Gasteiger charge is 2.19. The predicted molar refractivity (Wildman–Crippen MR) is 148 cm³/mol. The van der Waals surface area contributed by atoms with Crippen molar-refractivity contribution < 1.29 is 8.42 Å². The molecule has 9 nitrogen and oxygen atoms in total. The number of hydrogen-bond donors (Lipinski definition) is 1. The molecule has 0 saturated carbocycles. The number of aromatic nitrogens is 3. The second-order valence-corrected chi connectivity index (χ2v) is 12.0. The van der Waals surface area contributed by atoms with Gasteiger partial charge >= 0.3 is 0 Å². The number of hydrogen-bond acceptors (Lipinski definition) is 8. The van der Waals surface area contributed by atoms with Crippen molar-refractivity contribution in [3.05, 3.63) is 76.8 Å². The lowest BCUT2D eigenvalue weighted by Gasteiger charge is -2.34. The molecule has 5 rings (SSSR count). The zero-order chi connectivity index (χ0) is 25.8. The molecule has 0 atom stereocenters. The molecule has 2 aromatic heterocycles. The lowest BCUT2D eigenvalue weighted by Crippen LogP contribution is -2.47. The van der Waals surface area contributed by atoms with E-state index in [1.165, 1.54) is 11.5 Å². The summed E-state index contributed by atoms with van der Waals surface area (Å²) in [6, 6.07) is 13.6. The number of anilines is 2. The molecule has 0 bridgehead atoms. The van der Waals surface area contributed by atoms with Gasteiger partial charge in [-0.25, -0.2) is 18.4 Å². The summed E-state index contributed by atoms with van der Waals surface area (Å²) in [7, 11) is -3.72. The van der Waals surface area contributed by atoms with E-state index in [1.54, 1.807) is 58.8 Å². The number of nitrogens with one attached hydrogen (secondary N) is 1. The summed E-state index contributed by atoms with van der Waals surface area (Å²) < 4.78 is 30.7. The minimum atomic E-state index is -3.72. The molecule has 1 saturated heterocycles. The molecule has 2 aromatic carbocycles. The van der Waals surface area contributed by atoms with Crippen LogP contribution in [0.4, 0.5) is 11.6 Å². The molecule has 0 unspecified atom stereocenters. The van der Waals surface area contributed by atoms with E-state index >= 15 is 0 Å². The smallest absolute Gasteiger partial charge is 0.268 e. The zero-order valence-electron chi connectivity index (χ0n) is 20.7. The van der Waals surface area contributed by atoms with Gasteiger partial charge in [-0.05, 0) is 62.7 Å². The van der Waals surface area contributed by atoms with Crippen LogP contribution in [0.1, 0.15) is 18.4 Å². The van der Waals surface area contributed by atoms with Crippen LogP contribution in [0.25, 0.3) is 10.1 Å². The molecule has 1 aliphatic heterocycles. The van der Waals surface area contributed by atoms with Crippen molar-refractivity contribution in [3.63, 3.8) is 0 Å². The SMILES string of the molecule is Cc1ccc(S(=O)(=O)Nc2ccc3sn(CCCCN4CCN(c5ncccn5)CC4)c(=O)c3c2)cc1. The van der Waals surface area contributed by atoms with Crippen molar-refractivity contribution in [1.29, 1.82) is 0 Å². The van der Waals surface area contributed by atoms with E-state index in [0.29, 0.717) is 17.6 Å². The van der Waals surface area contributed by atoms with Gasteiger partial charge in [-0.3, -0.25) is 18.4 Å². The number of fused-ring (bicyclic) bond motifs is 1. The summed E-state index contributed by atoms with van der Waals surface area (Å²) in [4.78, 5) is 26.5. The van der Waals surface area contributed by atoms with Crippen molar-refractivity contribution >= 4 is 43.3 Å². The number of rotatable bonds is 9. The number of aryl methyl sites for hydroxylation is 2. The third-order valence-electron chi connectivity index (χ3n) is 6.52. The Morgan fingerprint density at radius 3 is 2.38 bits per heavy atom. The molecule has 0 radical (unpaired) electrons. The van der Waals surface area contributed by atoms with Crippen molar-refractivity contribution in [3.8, 4) is 0 Å². The highest BCUT2D eigenvalue weighted by molar-refractivity contribution is 7.92.